The van der Waals surface area contributed by atoms with Gasteiger partial charge in [-0.05, 0) is 136 Å². The average Bonchev–Trinajstić information content (AvgIpc) is 3.77. The second kappa shape index (κ2) is 14.8. The first kappa shape index (κ1) is 36.6. The monoisotopic (exact) mass is 829 g/mol. The van der Waals surface area contributed by atoms with Crippen molar-refractivity contribution in [3.05, 3.63) is 237 Å². The van der Waals surface area contributed by atoms with E-state index >= 15 is 0 Å². The number of hydrogen-bond acceptors (Lipinski definition) is 2. The predicted molar refractivity (Wildman–Crippen MR) is 278 cm³/mol. The van der Waals surface area contributed by atoms with Gasteiger partial charge in [0.2, 0.25) is 0 Å². The first-order valence-corrected chi connectivity index (χ1v) is 22.8. The summed E-state index contributed by atoms with van der Waals surface area (Å²) >= 11 is 1.89. The molecular formula is C62H39NS. The molecule has 12 aromatic carbocycles. The normalized spacial score (nSPS) is 11.8. The van der Waals surface area contributed by atoms with Crippen molar-refractivity contribution in [1.29, 1.82) is 0 Å². The molecular weight excluding hydrogens is 791 g/mol. The van der Waals surface area contributed by atoms with Crippen molar-refractivity contribution in [2.24, 2.45) is 0 Å². The Labute approximate surface area is 375 Å². The Morgan fingerprint density at radius 1 is 0.281 bits per heavy atom. The molecule has 0 fully saturated rings. The zero-order chi connectivity index (χ0) is 42.1. The number of thiophene rings is 1. The molecule has 0 N–H and O–H groups in total. The highest BCUT2D eigenvalue weighted by Gasteiger charge is 2.21. The van der Waals surface area contributed by atoms with E-state index in [1.165, 1.54) is 113 Å². The third kappa shape index (κ3) is 5.91. The van der Waals surface area contributed by atoms with Crippen molar-refractivity contribution in [2.45, 2.75) is 0 Å². The molecule has 64 heavy (non-hydrogen) atoms. The van der Waals surface area contributed by atoms with E-state index in [0.29, 0.717) is 0 Å². The molecule has 1 aromatic heterocycles. The molecule has 0 aliphatic rings. The van der Waals surface area contributed by atoms with Crippen LogP contribution in [0.5, 0.6) is 0 Å². The topological polar surface area (TPSA) is 3.24 Å². The van der Waals surface area contributed by atoms with Gasteiger partial charge in [-0.15, -0.1) is 11.3 Å². The van der Waals surface area contributed by atoms with Crippen LogP contribution in [0.25, 0.3) is 107 Å². The Kier molecular flexibility index (Phi) is 8.47. The Morgan fingerprint density at radius 2 is 0.797 bits per heavy atom. The molecule has 0 bridgehead atoms. The fourth-order valence-corrected chi connectivity index (χ4v) is 11.5. The van der Waals surface area contributed by atoms with Crippen LogP contribution in [-0.2, 0) is 0 Å². The van der Waals surface area contributed by atoms with Crippen LogP contribution in [0.15, 0.2) is 237 Å². The quantitative estimate of drug-likeness (QED) is 0.151. The molecule has 1 nitrogen and oxygen atoms in total. The molecule has 0 aliphatic heterocycles. The Morgan fingerprint density at radius 3 is 1.44 bits per heavy atom. The zero-order valence-corrected chi connectivity index (χ0v) is 35.7. The van der Waals surface area contributed by atoms with Crippen molar-refractivity contribution < 1.29 is 0 Å². The SMILES string of the molecule is c1cc(-c2ccc(-c3cc4ccccc4c4ccccc34)cc2)cc(N(c2ccc(-c3cc4ccccc4c4ccccc34)cc2)c2cccc3sc4c5ccccc5ccc4c23)c1. The number of benzene rings is 12. The molecule has 2 heteroatoms. The largest absolute Gasteiger partial charge is 0.310 e. The lowest BCUT2D eigenvalue weighted by Crippen LogP contribution is -2.10. The summed E-state index contributed by atoms with van der Waals surface area (Å²) in [5.74, 6) is 0. The number of anilines is 3. The molecule has 13 aromatic rings. The van der Waals surface area contributed by atoms with Gasteiger partial charge in [-0.3, -0.25) is 0 Å². The van der Waals surface area contributed by atoms with Crippen LogP contribution in [0.1, 0.15) is 0 Å². The van der Waals surface area contributed by atoms with E-state index in [-0.39, 0.29) is 0 Å². The van der Waals surface area contributed by atoms with Gasteiger partial charge < -0.3 is 4.90 Å². The molecule has 0 radical (unpaired) electrons. The lowest BCUT2D eigenvalue weighted by molar-refractivity contribution is 1.30. The Bertz CT molecular complexity index is 3950. The van der Waals surface area contributed by atoms with Crippen LogP contribution < -0.4 is 4.90 Å². The highest BCUT2D eigenvalue weighted by Crippen LogP contribution is 2.48. The summed E-state index contributed by atoms with van der Waals surface area (Å²) in [4.78, 5) is 2.46. The van der Waals surface area contributed by atoms with E-state index < -0.39 is 0 Å². The maximum atomic E-state index is 2.46. The van der Waals surface area contributed by atoms with Crippen LogP contribution in [0.3, 0.4) is 0 Å². The van der Waals surface area contributed by atoms with Gasteiger partial charge in [0, 0.05) is 31.5 Å². The van der Waals surface area contributed by atoms with Crippen LogP contribution in [0, 0.1) is 0 Å². The molecule has 0 saturated heterocycles. The minimum atomic E-state index is 1.11. The number of nitrogens with zero attached hydrogens (tertiary/aromatic N) is 1. The van der Waals surface area contributed by atoms with E-state index in [2.05, 4.69) is 241 Å². The number of fused-ring (bicyclic) bond motifs is 11. The lowest BCUT2D eigenvalue weighted by atomic mass is 9.92. The molecule has 0 amide bonds. The standard InChI is InChI=1S/C62H39NS/c1-6-20-51-41(13-1)33-36-56-61-59(25-12-26-60(61)64-62(51)56)63(47-34-31-43(32-35-47)58-39-46-15-3-5-19-50(46)53-22-8-10-24-55(53)58)48-17-11-16-44(37-48)40-27-29-42(30-28-40)57-38-45-14-2-4-18-49(45)52-21-7-9-23-54(52)57/h1-39H. The van der Waals surface area contributed by atoms with Crippen LogP contribution in [-0.4, -0.2) is 0 Å². The van der Waals surface area contributed by atoms with Gasteiger partial charge >= 0.3 is 0 Å². The van der Waals surface area contributed by atoms with Gasteiger partial charge in [-0.1, -0.05) is 188 Å². The van der Waals surface area contributed by atoms with E-state index in [1.54, 1.807) is 0 Å². The highest BCUT2D eigenvalue weighted by atomic mass is 32.1. The maximum Gasteiger partial charge on any atom is 0.0554 e. The third-order valence-electron chi connectivity index (χ3n) is 13.2. The first-order chi connectivity index (χ1) is 31.7. The molecule has 13 rings (SSSR count). The summed E-state index contributed by atoms with van der Waals surface area (Å²) in [6.45, 7) is 0. The van der Waals surface area contributed by atoms with Crippen molar-refractivity contribution in [3.63, 3.8) is 0 Å². The first-order valence-electron chi connectivity index (χ1n) is 22.0. The van der Waals surface area contributed by atoms with Crippen molar-refractivity contribution in [3.8, 4) is 33.4 Å². The molecule has 0 aliphatic carbocycles. The van der Waals surface area contributed by atoms with Crippen molar-refractivity contribution in [2.75, 3.05) is 4.90 Å². The smallest absolute Gasteiger partial charge is 0.0554 e. The molecule has 0 unspecified atom stereocenters. The van der Waals surface area contributed by atoms with Crippen molar-refractivity contribution in [1.82, 2.24) is 0 Å². The summed E-state index contributed by atoms with van der Waals surface area (Å²) in [5.41, 5.74) is 10.6. The summed E-state index contributed by atoms with van der Waals surface area (Å²) in [6, 6.07) is 87.3. The zero-order valence-electron chi connectivity index (χ0n) is 34.9. The highest BCUT2D eigenvalue weighted by molar-refractivity contribution is 7.26. The minimum absolute atomic E-state index is 1.11. The molecule has 298 valence electrons. The van der Waals surface area contributed by atoms with Crippen LogP contribution in [0.2, 0.25) is 0 Å². The molecule has 0 saturated carbocycles. The predicted octanol–water partition coefficient (Wildman–Crippen LogP) is 18.3. The van der Waals surface area contributed by atoms with Gasteiger partial charge in [0.15, 0.2) is 0 Å². The fourth-order valence-electron chi connectivity index (χ4n) is 10.2. The van der Waals surface area contributed by atoms with Gasteiger partial charge in [0.05, 0.1) is 5.69 Å². The summed E-state index contributed by atoms with van der Waals surface area (Å²) < 4.78 is 2.60. The van der Waals surface area contributed by atoms with E-state index in [9.17, 15) is 0 Å². The Balaban J connectivity index is 0.959. The van der Waals surface area contributed by atoms with Gasteiger partial charge in [0.1, 0.15) is 0 Å². The number of hydrogen-bond donors (Lipinski definition) is 0. The lowest BCUT2D eigenvalue weighted by Gasteiger charge is -2.27. The van der Waals surface area contributed by atoms with E-state index in [1.807, 2.05) is 11.3 Å². The maximum absolute atomic E-state index is 2.46. The van der Waals surface area contributed by atoms with Gasteiger partial charge in [0.25, 0.3) is 0 Å². The molecule has 1 heterocycles. The fraction of sp³-hybridized carbons (Fsp3) is 0. The van der Waals surface area contributed by atoms with E-state index in [0.717, 1.165) is 11.4 Å². The molecule has 0 atom stereocenters. The second-order valence-corrected chi connectivity index (χ2v) is 17.9. The number of rotatable bonds is 6. The van der Waals surface area contributed by atoms with Gasteiger partial charge in [-0.25, -0.2) is 0 Å². The minimum Gasteiger partial charge on any atom is -0.310 e. The van der Waals surface area contributed by atoms with Crippen LogP contribution in [0.4, 0.5) is 17.1 Å². The van der Waals surface area contributed by atoms with Gasteiger partial charge in [-0.2, -0.15) is 0 Å². The third-order valence-corrected chi connectivity index (χ3v) is 14.4. The average molecular weight is 830 g/mol. The summed E-state index contributed by atoms with van der Waals surface area (Å²) in [7, 11) is 0. The summed E-state index contributed by atoms with van der Waals surface area (Å²) in [5, 5.41) is 15.3. The van der Waals surface area contributed by atoms with E-state index in [4.69, 9.17) is 0 Å². The van der Waals surface area contributed by atoms with Crippen molar-refractivity contribution >= 4 is 102 Å². The Hall–Kier alpha value is -8.04. The summed E-state index contributed by atoms with van der Waals surface area (Å²) in [6.07, 6.45) is 0. The van der Waals surface area contributed by atoms with Crippen LogP contribution >= 0.6 is 11.3 Å². The molecule has 0 spiro atoms. The second-order valence-electron chi connectivity index (χ2n) is 16.8.